The Morgan fingerprint density at radius 1 is 0.500 bits per heavy atom. The lowest BCUT2D eigenvalue weighted by Gasteiger charge is -2.23. The maximum absolute atomic E-state index is 9.87. The Kier molecular flexibility index (Phi) is 24.3. The molecule has 30 heavy (non-hydrogen) atoms. The van der Waals surface area contributed by atoms with Crippen LogP contribution in [0.25, 0.3) is 0 Å². The number of aliphatic carboxylic acids is 3. The number of ketones is 3. The number of hydrogen-bond acceptors (Lipinski definition) is 10. The molecule has 0 bridgehead atoms. The lowest BCUT2D eigenvalue weighted by molar-refractivity contribution is -0.141. The van der Waals surface area contributed by atoms with Crippen LogP contribution in [0.1, 0.15) is 40.0 Å². The molecule has 0 aliphatic carbocycles. The molecule has 0 aliphatic heterocycles. The number of Topliss-reactive ketones (excluding diaryl/α,β-unsaturated/α-hetero) is 3. The summed E-state index contributed by atoms with van der Waals surface area (Å²) in [5, 5.41) is 57.6. The minimum absolute atomic E-state index is 0.312. The highest BCUT2D eigenvalue weighted by molar-refractivity contribution is 5.93. The molecular formula is C17H30O13. The molecule has 0 saturated carbocycles. The maximum Gasteiger partial charge on any atom is 0.310 e. The Hall–Kier alpha value is -2.74. The van der Waals surface area contributed by atoms with Gasteiger partial charge in [-0.25, -0.2) is 0 Å². The van der Waals surface area contributed by atoms with E-state index in [0.29, 0.717) is 0 Å². The molecule has 7 N–H and O–H groups in total. The second-order valence-corrected chi connectivity index (χ2v) is 5.95. The molecule has 0 rings (SSSR count). The van der Waals surface area contributed by atoms with Crippen molar-refractivity contribution in [1.29, 1.82) is 0 Å². The van der Waals surface area contributed by atoms with Gasteiger partial charge in [-0.1, -0.05) is 0 Å². The zero-order valence-corrected chi connectivity index (χ0v) is 17.0. The predicted octanol–water partition coefficient (Wildman–Crippen LogP) is -1.91. The van der Waals surface area contributed by atoms with E-state index in [0.717, 1.165) is 0 Å². The van der Waals surface area contributed by atoms with Gasteiger partial charge in [0.25, 0.3) is 0 Å². The summed E-state index contributed by atoms with van der Waals surface area (Å²) in [7, 11) is 0. The summed E-state index contributed by atoms with van der Waals surface area (Å²) in [6.07, 6.45) is -1.08. The molecule has 13 nitrogen and oxygen atoms in total. The Morgan fingerprint density at radius 3 is 0.667 bits per heavy atom. The summed E-state index contributed by atoms with van der Waals surface area (Å²) in [5.74, 6) is -4.12. The van der Waals surface area contributed by atoms with Crippen molar-refractivity contribution in [3.63, 3.8) is 0 Å². The lowest BCUT2D eigenvalue weighted by Crippen LogP contribution is -2.37. The summed E-state index contributed by atoms with van der Waals surface area (Å²) < 4.78 is 0. The van der Waals surface area contributed by atoms with Crippen molar-refractivity contribution < 1.29 is 64.5 Å². The fourth-order valence-corrected chi connectivity index (χ4v) is 0.939. The van der Waals surface area contributed by atoms with Gasteiger partial charge in [0, 0.05) is 0 Å². The smallest absolute Gasteiger partial charge is 0.310 e. The minimum atomic E-state index is -1.11. The van der Waals surface area contributed by atoms with Crippen LogP contribution in [-0.4, -0.2) is 97.4 Å². The van der Waals surface area contributed by atoms with Crippen LogP contribution < -0.4 is 0 Å². The summed E-state index contributed by atoms with van der Waals surface area (Å²) in [6, 6.07) is 0. The molecule has 0 spiro atoms. The van der Waals surface area contributed by atoms with Crippen LogP contribution in [0.4, 0.5) is 0 Å². The molecule has 0 fully saturated rings. The van der Waals surface area contributed by atoms with Gasteiger partial charge in [0.05, 0.1) is 31.8 Å². The second kappa shape index (κ2) is 21.0. The van der Waals surface area contributed by atoms with Gasteiger partial charge in [-0.3, -0.25) is 28.8 Å². The average molecular weight is 442 g/mol. The van der Waals surface area contributed by atoms with Gasteiger partial charge in [-0.2, -0.15) is 0 Å². The first kappa shape index (κ1) is 34.7. The van der Waals surface area contributed by atoms with Gasteiger partial charge in [0.2, 0.25) is 0 Å². The van der Waals surface area contributed by atoms with E-state index in [4.69, 9.17) is 35.7 Å². The minimum Gasteiger partial charge on any atom is -0.481 e. The van der Waals surface area contributed by atoms with Crippen molar-refractivity contribution in [2.24, 2.45) is 5.41 Å². The molecule has 0 saturated heterocycles. The van der Waals surface area contributed by atoms with Gasteiger partial charge < -0.3 is 35.7 Å². The number of carbonyl (C=O) groups is 6. The first-order valence-corrected chi connectivity index (χ1v) is 8.20. The molecule has 0 unspecified atom stereocenters. The third kappa shape index (κ3) is 32.9. The van der Waals surface area contributed by atoms with Crippen LogP contribution in [0.15, 0.2) is 0 Å². The van der Waals surface area contributed by atoms with Gasteiger partial charge >= 0.3 is 17.9 Å². The Balaban J connectivity index is -0.000000151. The predicted molar refractivity (Wildman–Crippen MR) is 99.6 cm³/mol. The lowest BCUT2D eigenvalue weighted by atomic mass is 9.93. The monoisotopic (exact) mass is 442 g/mol. The molecule has 0 radical (unpaired) electrons. The van der Waals surface area contributed by atoms with Crippen molar-refractivity contribution >= 4 is 35.3 Å². The Labute approximate surface area is 172 Å². The van der Waals surface area contributed by atoms with Crippen molar-refractivity contribution in [2.75, 3.05) is 26.4 Å². The van der Waals surface area contributed by atoms with E-state index in [2.05, 4.69) is 0 Å². The maximum atomic E-state index is 9.87. The van der Waals surface area contributed by atoms with Crippen molar-refractivity contribution in [3.05, 3.63) is 0 Å². The number of carboxylic acid groups (broad SMARTS) is 3. The second-order valence-electron chi connectivity index (χ2n) is 5.95. The fraction of sp³-hybridized carbons (Fsp3) is 0.647. The van der Waals surface area contributed by atoms with Gasteiger partial charge in [-0.05, 0) is 20.8 Å². The van der Waals surface area contributed by atoms with Gasteiger partial charge in [-0.15, -0.1) is 0 Å². The van der Waals surface area contributed by atoms with E-state index in [1.807, 2.05) is 0 Å². The molecule has 0 aromatic carbocycles. The van der Waals surface area contributed by atoms with Gasteiger partial charge in [0.15, 0.2) is 0 Å². The normalized spacial score (nSPS) is 9.30. The van der Waals surface area contributed by atoms with Crippen LogP contribution in [0.3, 0.4) is 0 Å². The molecule has 0 aliphatic rings. The summed E-state index contributed by atoms with van der Waals surface area (Å²) >= 11 is 0. The van der Waals surface area contributed by atoms with Crippen LogP contribution >= 0.6 is 0 Å². The van der Waals surface area contributed by atoms with E-state index in [1.54, 1.807) is 0 Å². The van der Waals surface area contributed by atoms with Crippen LogP contribution in [0.5, 0.6) is 0 Å². The highest BCUT2D eigenvalue weighted by Crippen LogP contribution is 2.11. The third-order valence-corrected chi connectivity index (χ3v) is 2.54. The summed E-state index contributed by atoms with van der Waals surface area (Å²) in [5.41, 5.74) is -1.11. The molecule has 0 amide bonds. The molecular weight excluding hydrogens is 412 g/mol. The number of hydrogen-bond donors (Lipinski definition) is 7. The average Bonchev–Trinajstić information content (AvgIpc) is 2.55. The van der Waals surface area contributed by atoms with Crippen LogP contribution in [0, 0.1) is 5.41 Å². The molecule has 0 atom stereocenters. The number of rotatable bonds is 10. The topological polar surface area (TPSA) is 244 Å². The number of carbonyl (C=O) groups excluding carboxylic acids is 3. The SMILES string of the molecule is CC(=O)CC(=O)O.CC(=O)CC(=O)O.CC(=O)CC(=O)O.OCC(CO)(CO)CO. The molecule has 13 heteroatoms. The first-order chi connectivity index (χ1) is 13.6. The number of carboxylic acids is 3. The van der Waals surface area contributed by atoms with E-state index in [-0.39, 0.29) is 36.6 Å². The fourth-order valence-electron chi connectivity index (χ4n) is 0.939. The zero-order valence-electron chi connectivity index (χ0n) is 17.0. The number of aliphatic hydroxyl groups is 4. The highest BCUT2D eigenvalue weighted by atomic mass is 16.4. The van der Waals surface area contributed by atoms with Gasteiger partial charge in [0.1, 0.15) is 36.6 Å². The van der Waals surface area contributed by atoms with E-state index in [1.165, 1.54) is 20.8 Å². The standard InChI is InChI=1S/C5H12O4.3C4H6O3/c6-1-5(2-7,3-8)4-9;3*1-3(5)2-4(6)7/h6-9H,1-4H2;3*2H2,1H3,(H,6,7). The van der Waals surface area contributed by atoms with Crippen molar-refractivity contribution in [3.8, 4) is 0 Å². The Bertz CT molecular complexity index is 435. The zero-order chi connectivity index (χ0) is 24.9. The van der Waals surface area contributed by atoms with E-state index >= 15 is 0 Å². The molecule has 0 heterocycles. The summed E-state index contributed by atoms with van der Waals surface area (Å²) in [6.45, 7) is 2.11. The first-order valence-electron chi connectivity index (χ1n) is 8.20. The molecule has 0 aromatic rings. The van der Waals surface area contributed by atoms with Crippen molar-refractivity contribution in [1.82, 2.24) is 0 Å². The quantitative estimate of drug-likeness (QED) is 0.183. The molecule has 0 aromatic heterocycles. The van der Waals surface area contributed by atoms with Crippen molar-refractivity contribution in [2.45, 2.75) is 40.0 Å². The Morgan fingerprint density at radius 2 is 0.667 bits per heavy atom. The number of aliphatic hydroxyl groups excluding tert-OH is 4. The third-order valence-electron chi connectivity index (χ3n) is 2.54. The van der Waals surface area contributed by atoms with Crippen LogP contribution in [0.2, 0.25) is 0 Å². The highest BCUT2D eigenvalue weighted by Gasteiger charge is 2.26. The van der Waals surface area contributed by atoms with E-state index in [9.17, 15) is 28.8 Å². The largest absolute Gasteiger partial charge is 0.481 e. The van der Waals surface area contributed by atoms with E-state index < -0.39 is 49.8 Å². The van der Waals surface area contributed by atoms with Crippen LogP contribution in [-0.2, 0) is 28.8 Å². The molecule has 176 valence electrons. The summed E-state index contributed by atoms with van der Waals surface area (Å²) in [4.78, 5) is 58.4.